The van der Waals surface area contributed by atoms with Crippen LogP contribution in [0.5, 0.6) is 0 Å². The second-order valence-corrected chi connectivity index (χ2v) is 18.5. The molecule has 6 aromatic carbocycles. The van der Waals surface area contributed by atoms with Crippen molar-refractivity contribution >= 4 is 17.2 Å². The number of benzene rings is 6. The summed E-state index contributed by atoms with van der Waals surface area (Å²) >= 11 is 6.30. The first kappa shape index (κ1) is 48.8. The maximum atomic E-state index is 6.30. The highest BCUT2D eigenvalue weighted by molar-refractivity contribution is 6.30. The molecule has 358 valence electrons. The summed E-state index contributed by atoms with van der Waals surface area (Å²) < 4.78 is 2.12. The number of aromatic amines is 1. The van der Waals surface area contributed by atoms with Crippen molar-refractivity contribution in [3.63, 3.8) is 0 Å². The lowest BCUT2D eigenvalue weighted by Crippen LogP contribution is -2.38. The van der Waals surface area contributed by atoms with Crippen molar-refractivity contribution < 1.29 is 0 Å². The molecule has 0 saturated carbocycles. The van der Waals surface area contributed by atoms with Crippen LogP contribution in [0.25, 0.3) is 28.1 Å². The van der Waals surface area contributed by atoms with Crippen molar-refractivity contribution in [1.82, 2.24) is 40.2 Å². The van der Waals surface area contributed by atoms with Crippen LogP contribution in [0.3, 0.4) is 0 Å². The molecule has 0 aliphatic heterocycles. The number of aryl methyl sites for hydroxylation is 2. The average molecular weight is 964 g/mol. The van der Waals surface area contributed by atoms with E-state index in [0.717, 1.165) is 73.8 Å². The van der Waals surface area contributed by atoms with Crippen molar-refractivity contribution in [2.75, 3.05) is 20.6 Å². The van der Waals surface area contributed by atoms with Crippen LogP contribution in [0.2, 0.25) is 5.02 Å². The molecule has 0 bridgehead atoms. The zero-order valence-corrected chi connectivity index (χ0v) is 42.1. The minimum Gasteiger partial charge on any atom is -0.373 e. The van der Waals surface area contributed by atoms with Gasteiger partial charge in [0.15, 0.2) is 0 Å². The molecule has 10 rings (SSSR count). The maximum Gasteiger partial charge on any atom is 0.138 e. The zero-order chi connectivity index (χ0) is 49.9. The molecule has 0 fully saturated rings. The number of halogens is 1. The number of hydrogen-bond donors (Lipinski definition) is 2. The van der Waals surface area contributed by atoms with Crippen LogP contribution in [0.1, 0.15) is 74.8 Å². The van der Waals surface area contributed by atoms with Gasteiger partial charge >= 0.3 is 0 Å². The molecule has 0 amide bonds. The average Bonchev–Trinajstić information content (AvgIpc) is 4.06. The highest BCUT2D eigenvalue weighted by atomic mass is 35.5. The van der Waals surface area contributed by atoms with Gasteiger partial charge in [-0.1, -0.05) is 188 Å². The summed E-state index contributed by atoms with van der Waals surface area (Å²) in [7, 11) is 4.10. The summed E-state index contributed by atoms with van der Waals surface area (Å²) in [6.45, 7) is 7.17. The molecular weight excluding hydrogens is 904 g/mol. The number of nitrogens with zero attached hydrogens (tertiary/aromatic N) is 6. The van der Waals surface area contributed by atoms with Gasteiger partial charge in [-0.3, -0.25) is 19.7 Å². The van der Waals surface area contributed by atoms with Crippen LogP contribution in [0, 0.1) is 13.8 Å². The fraction of sp³-hybridized carbons (Fsp3) is 0.143. The largest absolute Gasteiger partial charge is 0.373 e. The van der Waals surface area contributed by atoms with Gasteiger partial charge in [0.2, 0.25) is 0 Å². The lowest BCUT2D eigenvalue weighted by atomic mass is 9.77. The van der Waals surface area contributed by atoms with Crippen LogP contribution in [0.15, 0.2) is 231 Å². The third-order valence-corrected chi connectivity index (χ3v) is 13.7. The van der Waals surface area contributed by atoms with Crippen molar-refractivity contribution in [1.29, 1.82) is 0 Å². The van der Waals surface area contributed by atoms with E-state index in [-0.39, 0.29) is 6.04 Å². The number of likely N-dealkylation sites (N-methyl/N-ethyl adjacent to an activating group) is 1. The monoisotopic (exact) mass is 962 g/mol. The summed E-state index contributed by atoms with van der Waals surface area (Å²) in [5.41, 5.74) is 15.4. The Kier molecular flexibility index (Phi) is 15.4. The Morgan fingerprint density at radius 3 is 1.62 bits per heavy atom. The Morgan fingerprint density at radius 2 is 1.12 bits per heavy atom. The second-order valence-electron chi connectivity index (χ2n) is 18.0. The zero-order valence-electron chi connectivity index (χ0n) is 41.4. The lowest BCUT2D eigenvalue weighted by Gasteiger charge is -2.36. The maximum absolute atomic E-state index is 6.30. The van der Waals surface area contributed by atoms with Crippen LogP contribution < -0.4 is 5.32 Å². The standard InChI is InChI=1S/C45H39ClN4.C18H20N4/c1-33-42(32-50(48-33)45(38-18-10-5-11-19-38,39-20-12-6-13-21-39)40-22-14-7-15-23-40)44-29-26-37(30-47-44)43(36-24-27-41(46)28-25-36)31-49(3)34(2)35-16-8-4-9-17-35;1-13-16(12-21-22-13)18-9-8-15(10-20-18)17(11-19-2)14-6-4-3-5-7-14/h4-32,34H,1-3H3;3-10,12,17,19H,11H2,1-2H3,(H,21,22)/b43-31-;/t34-;/m1./s1. The fourth-order valence-electron chi connectivity index (χ4n) is 9.46. The van der Waals surface area contributed by atoms with E-state index >= 15 is 0 Å². The SMILES string of the molecule is CNCC(c1ccccc1)c1ccc(-c2cn[nH]c2C)nc1.Cc1nn(C(c2ccccc2)(c2ccccc2)c2ccccc2)cc1-c1ccc(/C(=C\N(C)[C@H](C)c2ccccc2)c2ccc(Cl)cc2)cn1. The molecule has 0 radical (unpaired) electrons. The van der Waals surface area contributed by atoms with Gasteiger partial charge in [0, 0.05) is 77.3 Å². The van der Waals surface area contributed by atoms with Gasteiger partial charge in [-0.2, -0.15) is 10.2 Å². The van der Waals surface area contributed by atoms with E-state index in [2.05, 4.69) is 245 Å². The van der Waals surface area contributed by atoms with Gasteiger partial charge in [-0.25, -0.2) is 0 Å². The minimum absolute atomic E-state index is 0.179. The molecule has 72 heavy (non-hydrogen) atoms. The van der Waals surface area contributed by atoms with Gasteiger partial charge in [-0.15, -0.1) is 0 Å². The predicted octanol–water partition coefficient (Wildman–Crippen LogP) is 14.0. The Morgan fingerprint density at radius 1 is 0.611 bits per heavy atom. The van der Waals surface area contributed by atoms with Gasteiger partial charge in [0.25, 0.3) is 0 Å². The Balaban J connectivity index is 0.000000242. The smallest absolute Gasteiger partial charge is 0.138 e. The van der Waals surface area contributed by atoms with Gasteiger partial charge in [-0.05, 0) is 91.0 Å². The quantitative estimate of drug-likeness (QED) is 0.0996. The van der Waals surface area contributed by atoms with Crippen molar-refractivity contribution in [3.05, 3.63) is 292 Å². The van der Waals surface area contributed by atoms with Crippen molar-refractivity contribution in [2.24, 2.45) is 0 Å². The predicted molar refractivity (Wildman–Crippen MR) is 295 cm³/mol. The third kappa shape index (κ3) is 10.6. The molecule has 10 aromatic rings. The minimum atomic E-state index is -0.697. The topological polar surface area (TPSA) is 87.6 Å². The first-order valence-electron chi connectivity index (χ1n) is 24.3. The number of hydrogen-bond acceptors (Lipinski definition) is 6. The van der Waals surface area contributed by atoms with Gasteiger partial charge in [0.05, 0.1) is 29.3 Å². The number of rotatable bonds is 15. The summed E-state index contributed by atoms with van der Waals surface area (Å²) in [5.74, 6) is 0.304. The summed E-state index contributed by atoms with van der Waals surface area (Å²) in [6.07, 6.45) is 10.1. The summed E-state index contributed by atoms with van der Waals surface area (Å²) in [4.78, 5) is 11.9. The van der Waals surface area contributed by atoms with E-state index in [0.29, 0.717) is 10.9 Å². The molecule has 8 nitrogen and oxygen atoms in total. The van der Waals surface area contributed by atoms with E-state index < -0.39 is 5.54 Å². The lowest BCUT2D eigenvalue weighted by molar-refractivity contribution is 0.362. The molecule has 2 atom stereocenters. The normalized spacial score (nSPS) is 12.4. The van der Waals surface area contributed by atoms with Gasteiger partial charge in [0.1, 0.15) is 5.54 Å². The number of nitrogens with one attached hydrogen (secondary N) is 2. The van der Waals surface area contributed by atoms with E-state index in [9.17, 15) is 0 Å². The molecule has 0 aliphatic rings. The highest BCUT2D eigenvalue weighted by Crippen LogP contribution is 2.42. The molecule has 0 saturated heterocycles. The van der Waals surface area contributed by atoms with Crippen molar-refractivity contribution in [2.45, 2.75) is 38.3 Å². The molecule has 0 spiro atoms. The first-order chi connectivity index (χ1) is 35.2. The molecular formula is C63H59ClN8. The fourth-order valence-corrected chi connectivity index (χ4v) is 9.58. The first-order valence-corrected chi connectivity index (χ1v) is 24.7. The van der Waals surface area contributed by atoms with Crippen LogP contribution in [-0.2, 0) is 5.54 Å². The van der Waals surface area contributed by atoms with E-state index in [1.165, 1.54) is 16.7 Å². The van der Waals surface area contributed by atoms with E-state index in [4.69, 9.17) is 21.7 Å². The highest BCUT2D eigenvalue weighted by Gasteiger charge is 2.40. The summed E-state index contributed by atoms with van der Waals surface area (Å²) in [6, 6.07) is 69.6. The molecule has 4 aromatic heterocycles. The van der Waals surface area contributed by atoms with Crippen LogP contribution in [0.4, 0.5) is 0 Å². The Hall–Kier alpha value is -8.17. The Labute approximate surface area is 428 Å². The van der Waals surface area contributed by atoms with Gasteiger partial charge < -0.3 is 10.2 Å². The third-order valence-electron chi connectivity index (χ3n) is 13.5. The molecule has 0 aliphatic carbocycles. The van der Waals surface area contributed by atoms with Crippen LogP contribution in [-0.4, -0.2) is 55.5 Å². The van der Waals surface area contributed by atoms with Crippen molar-refractivity contribution in [3.8, 4) is 22.5 Å². The van der Waals surface area contributed by atoms with E-state index in [1.807, 2.05) is 50.8 Å². The van der Waals surface area contributed by atoms with Crippen LogP contribution >= 0.6 is 11.6 Å². The number of pyridine rings is 2. The molecule has 2 N–H and O–H groups in total. The number of H-pyrrole nitrogens is 1. The number of aromatic nitrogens is 6. The Bertz CT molecular complexity index is 3190. The second kappa shape index (κ2) is 22.7. The molecule has 4 heterocycles. The molecule has 1 unspecified atom stereocenters. The van der Waals surface area contributed by atoms with E-state index in [1.54, 1.807) is 0 Å². The molecule has 9 heteroatoms. The summed E-state index contributed by atoms with van der Waals surface area (Å²) in [5, 5.41) is 16.2.